The Bertz CT molecular complexity index is 969. The summed E-state index contributed by atoms with van der Waals surface area (Å²) in [6.07, 6.45) is 4.20. The van der Waals surface area contributed by atoms with Crippen molar-refractivity contribution in [2.24, 2.45) is 0 Å². The molecule has 27 heavy (non-hydrogen) atoms. The van der Waals surface area contributed by atoms with Crippen molar-refractivity contribution in [1.82, 2.24) is 20.1 Å². The third-order valence-corrected chi connectivity index (χ3v) is 4.77. The second-order valence-electron chi connectivity index (χ2n) is 6.36. The van der Waals surface area contributed by atoms with Gasteiger partial charge in [-0.05, 0) is 47.9 Å². The molecular weight excluding hydrogens is 344 g/mol. The first-order chi connectivity index (χ1) is 13.2. The van der Waals surface area contributed by atoms with Crippen LogP contribution in [0.4, 0.5) is 0 Å². The molecule has 138 valence electrons. The van der Waals surface area contributed by atoms with E-state index in [0.29, 0.717) is 36.0 Å². The van der Waals surface area contributed by atoms with E-state index in [-0.39, 0.29) is 5.91 Å². The number of H-pyrrole nitrogens is 1. The van der Waals surface area contributed by atoms with Crippen LogP contribution in [0.1, 0.15) is 21.6 Å². The number of nitrogens with zero attached hydrogens (tertiary/aromatic N) is 3. The van der Waals surface area contributed by atoms with Gasteiger partial charge in [-0.2, -0.15) is 5.10 Å². The number of nitrogens with one attached hydrogen (secondary N) is 1. The zero-order valence-corrected chi connectivity index (χ0v) is 15.2. The molecule has 0 fully saturated rings. The van der Waals surface area contributed by atoms with Crippen LogP contribution in [0.3, 0.4) is 0 Å². The summed E-state index contributed by atoms with van der Waals surface area (Å²) in [5.41, 5.74) is 4.29. The number of aromatic nitrogens is 3. The molecule has 1 N–H and O–H groups in total. The van der Waals surface area contributed by atoms with Crippen LogP contribution < -0.4 is 9.47 Å². The standard InChI is InChI=1S/C20H20N4O3/c1-26-18-8-13-5-7-24(12-15(13)9-19(18)27-2)20(25)17-10-16(22-23-17)14-4-3-6-21-11-14/h3-4,6,8-11H,5,7,12H2,1-2H3,(H,22,23). The summed E-state index contributed by atoms with van der Waals surface area (Å²) in [7, 11) is 3.24. The summed E-state index contributed by atoms with van der Waals surface area (Å²) >= 11 is 0. The molecule has 1 amide bonds. The van der Waals surface area contributed by atoms with Crippen molar-refractivity contribution < 1.29 is 14.3 Å². The molecule has 3 aromatic rings. The smallest absolute Gasteiger partial charge is 0.272 e. The highest BCUT2D eigenvalue weighted by Crippen LogP contribution is 2.33. The summed E-state index contributed by atoms with van der Waals surface area (Å²) in [6, 6.07) is 9.46. The number of pyridine rings is 1. The number of hydrogen-bond donors (Lipinski definition) is 1. The Balaban J connectivity index is 1.55. The third kappa shape index (κ3) is 3.23. The summed E-state index contributed by atoms with van der Waals surface area (Å²) < 4.78 is 10.8. The number of carbonyl (C=O) groups is 1. The summed E-state index contributed by atoms with van der Waals surface area (Å²) in [5, 5.41) is 7.10. The first-order valence-electron chi connectivity index (χ1n) is 8.68. The molecule has 7 heteroatoms. The first kappa shape index (κ1) is 17.1. The van der Waals surface area contributed by atoms with Crippen LogP contribution in [-0.4, -0.2) is 46.8 Å². The van der Waals surface area contributed by atoms with Crippen molar-refractivity contribution in [2.75, 3.05) is 20.8 Å². The molecule has 0 spiro atoms. The topological polar surface area (TPSA) is 80.3 Å². The van der Waals surface area contributed by atoms with Gasteiger partial charge in [-0.3, -0.25) is 14.9 Å². The lowest BCUT2D eigenvalue weighted by atomic mass is 9.98. The first-order valence-corrected chi connectivity index (χ1v) is 8.68. The molecule has 1 aliphatic rings. The van der Waals surface area contributed by atoms with Gasteiger partial charge in [0.15, 0.2) is 11.5 Å². The lowest BCUT2D eigenvalue weighted by Gasteiger charge is -2.29. The minimum Gasteiger partial charge on any atom is -0.493 e. The van der Waals surface area contributed by atoms with Gasteiger partial charge >= 0.3 is 0 Å². The fourth-order valence-corrected chi connectivity index (χ4v) is 3.32. The molecule has 2 aromatic heterocycles. The van der Waals surface area contributed by atoms with E-state index in [1.165, 1.54) is 5.56 Å². The van der Waals surface area contributed by atoms with Crippen molar-refractivity contribution in [3.8, 4) is 22.8 Å². The Kier molecular flexibility index (Phi) is 4.50. The predicted molar refractivity (Wildman–Crippen MR) is 99.8 cm³/mol. The van der Waals surface area contributed by atoms with Gasteiger partial charge in [-0.1, -0.05) is 0 Å². The second kappa shape index (κ2) is 7.11. The highest BCUT2D eigenvalue weighted by atomic mass is 16.5. The van der Waals surface area contributed by atoms with E-state index in [1.54, 1.807) is 32.7 Å². The number of hydrogen-bond acceptors (Lipinski definition) is 5. The molecule has 0 bridgehead atoms. The molecule has 1 aliphatic heterocycles. The molecule has 0 atom stereocenters. The van der Waals surface area contributed by atoms with Gasteiger partial charge in [0.25, 0.3) is 5.91 Å². The molecule has 0 aliphatic carbocycles. The van der Waals surface area contributed by atoms with Gasteiger partial charge in [-0.15, -0.1) is 0 Å². The highest BCUT2D eigenvalue weighted by Gasteiger charge is 2.25. The van der Waals surface area contributed by atoms with Crippen LogP contribution in [0.15, 0.2) is 42.7 Å². The van der Waals surface area contributed by atoms with Crippen LogP contribution >= 0.6 is 0 Å². The molecule has 1 aromatic carbocycles. The van der Waals surface area contributed by atoms with Crippen LogP contribution in [0.2, 0.25) is 0 Å². The van der Waals surface area contributed by atoms with Gasteiger partial charge in [0, 0.05) is 31.0 Å². The lowest BCUT2D eigenvalue weighted by Crippen LogP contribution is -2.36. The second-order valence-corrected chi connectivity index (χ2v) is 6.36. The fraction of sp³-hybridized carbons (Fsp3) is 0.250. The van der Waals surface area contributed by atoms with Crippen LogP contribution in [0.5, 0.6) is 11.5 Å². The van der Waals surface area contributed by atoms with Crippen molar-refractivity contribution in [2.45, 2.75) is 13.0 Å². The third-order valence-electron chi connectivity index (χ3n) is 4.77. The summed E-state index contributed by atoms with van der Waals surface area (Å²) in [5.74, 6) is 1.31. The zero-order chi connectivity index (χ0) is 18.8. The normalized spacial score (nSPS) is 13.2. The van der Waals surface area contributed by atoms with E-state index in [0.717, 1.165) is 17.5 Å². The molecule has 0 unspecified atom stereocenters. The average Bonchev–Trinajstić information content (AvgIpc) is 3.22. The van der Waals surface area contributed by atoms with Crippen molar-refractivity contribution in [3.63, 3.8) is 0 Å². The predicted octanol–water partition coefficient (Wildman–Crippen LogP) is 2.69. The van der Waals surface area contributed by atoms with Gasteiger partial charge in [0.1, 0.15) is 5.69 Å². The molecule has 3 heterocycles. The fourth-order valence-electron chi connectivity index (χ4n) is 3.32. The lowest BCUT2D eigenvalue weighted by molar-refractivity contribution is 0.0728. The van der Waals surface area contributed by atoms with Crippen molar-refractivity contribution in [3.05, 3.63) is 59.5 Å². The minimum atomic E-state index is -0.0712. The van der Waals surface area contributed by atoms with Gasteiger partial charge in [0.2, 0.25) is 0 Å². The van der Waals surface area contributed by atoms with E-state index in [2.05, 4.69) is 15.2 Å². The Morgan fingerprint density at radius 2 is 1.93 bits per heavy atom. The number of amides is 1. The van der Waals surface area contributed by atoms with Gasteiger partial charge in [0.05, 0.1) is 19.9 Å². The number of methoxy groups -OCH3 is 2. The highest BCUT2D eigenvalue weighted by molar-refractivity contribution is 5.93. The molecule has 4 rings (SSSR count). The Morgan fingerprint density at radius 3 is 2.63 bits per heavy atom. The largest absolute Gasteiger partial charge is 0.493 e. The Labute approximate surface area is 156 Å². The molecule has 0 radical (unpaired) electrons. The van der Waals surface area contributed by atoms with Crippen LogP contribution in [0.25, 0.3) is 11.3 Å². The zero-order valence-electron chi connectivity index (χ0n) is 15.2. The molecule has 0 saturated carbocycles. The number of aromatic amines is 1. The summed E-state index contributed by atoms with van der Waals surface area (Å²) in [6.45, 7) is 1.17. The number of carbonyl (C=O) groups excluding carboxylic acids is 1. The molecule has 7 nitrogen and oxygen atoms in total. The van der Waals surface area contributed by atoms with Gasteiger partial charge in [-0.25, -0.2) is 0 Å². The van der Waals surface area contributed by atoms with Crippen LogP contribution in [0, 0.1) is 0 Å². The maximum Gasteiger partial charge on any atom is 0.272 e. The van der Waals surface area contributed by atoms with Crippen molar-refractivity contribution >= 4 is 5.91 Å². The number of rotatable bonds is 4. The number of fused-ring (bicyclic) bond motifs is 1. The maximum atomic E-state index is 12.9. The van der Waals surface area contributed by atoms with E-state index < -0.39 is 0 Å². The number of ether oxygens (including phenoxy) is 2. The quantitative estimate of drug-likeness (QED) is 0.770. The summed E-state index contributed by atoms with van der Waals surface area (Å²) in [4.78, 5) is 18.8. The van der Waals surface area contributed by atoms with E-state index >= 15 is 0 Å². The Morgan fingerprint density at radius 1 is 1.15 bits per heavy atom. The van der Waals surface area contributed by atoms with E-state index in [1.807, 2.05) is 29.2 Å². The van der Waals surface area contributed by atoms with Crippen LogP contribution in [-0.2, 0) is 13.0 Å². The average molecular weight is 364 g/mol. The molecular formula is C20H20N4O3. The van der Waals surface area contributed by atoms with E-state index in [9.17, 15) is 4.79 Å². The molecule has 0 saturated heterocycles. The minimum absolute atomic E-state index is 0.0712. The van der Waals surface area contributed by atoms with E-state index in [4.69, 9.17) is 9.47 Å². The number of benzene rings is 1. The Hall–Kier alpha value is -3.35. The van der Waals surface area contributed by atoms with Crippen molar-refractivity contribution in [1.29, 1.82) is 0 Å². The monoisotopic (exact) mass is 364 g/mol. The SMILES string of the molecule is COc1cc2c(cc1OC)CN(C(=O)c1cc(-c3cccnc3)n[nH]1)CC2. The maximum absolute atomic E-state index is 12.9. The van der Waals surface area contributed by atoms with Gasteiger partial charge < -0.3 is 14.4 Å².